The zero-order valence-corrected chi connectivity index (χ0v) is 13.3. The molecule has 19 heavy (non-hydrogen) atoms. The number of hydrogen-bond donors (Lipinski definition) is 1. The molecule has 0 radical (unpaired) electrons. The summed E-state index contributed by atoms with van der Waals surface area (Å²) in [7, 11) is 0. The van der Waals surface area contributed by atoms with Crippen LogP contribution < -0.4 is 10.1 Å². The molecule has 1 aromatic carbocycles. The third kappa shape index (κ3) is 5.42. The van der Waals surface area contributed by atoms with E-state index in [-0.39, 0.29) is 6.10 Å². The van der Waals surface area contributed by atoms with E-state index in [4.69, 9.17) is 16.3 Å². The van der Waals surface area contributed by atoms with Crippen molar-refractivity contribution in [1.82, 2.24) is 5.32 Å². The van der Waals surface area contributed by atoms with E-state index in [0.29, 0.717) is 0 Å². The summed E-state index contributed by atoms with van der Waals surface area (Å²) >= 11 is 6.18. The Morgan fingerprint density at radius 2 is 1.79 bits per heavy atom. The van der Waals surface area contributed by atoms with E-state index < -0.39 is 0 Å². The molecule has 1 atom stereocenters. The third-order valence-electron chi connectivity index (χ3n) is 3.12. The van der Waals surface area contributed by atoms with Gasteiger partial charge in [0.25, 0.3) is 0 Å². The molecule has 1 rings (SSSR count). The summed E-state index contributed by atoms with van der Waals surface area (Å²) in [5, 5.41) is 4.27. The van der Waals surface area contributed by atoms with Crippen molar-refractivity contribution < 1.29 is 4.74 Å². The topological polar surface area (TPSA) is 21.3 Å². The molecular formula is C16H26ClNO. The first kappa shape index (κ1) is 16.3. The quantitative estimate of drug-likeness (QED) is 0.709. The van der Waals surface area contributed by atoms with E-state index in [1.54, 1.807) is 0 Å². The molecule has 0 heterocycles. The van der Waals surface area contributed by atoms with Crippen molar-refractivity contribution in [2.45, 2.75) is 53.1 Å². The molecule has 108 valence electrons. The lowest BCUT2D eigenvalue weighted by Crippen LogP contribution is -2.31. The van der Waals surface area contributed by atoms with Gasteiger partial charge in [-0.1, -0.05) is 31.9 Å². The maximum atomic E-state index is 6.18. The average Bonchev–Trinajstić information content (AvgIpc) is 2.36. The third-order valence-corrected chi connectivity index (χ3v) is 3.72. The predicted octanol–water partition coefficient (Wildman–Crippen LogP) is 4.50. The van der Waals surface area contributed by atoms with Gasteiger partial charge in [-0.15, -0.1) is 0 Å². The summed E-state index contributed by atoms with van der Waals surface area (Å²) in [5.74, 6) is 0.927. The van der Waals surface area contributed by atoms with Crippen molar-refractivity contribution >= 4 is 11.6 Å². The van der Waals surface area contributed by atoms with Crippen molar-refractivity contribution in [2.24, 2.45) is 0 Å². The van der Waals surface area contributed by atoms with Crippen LogP contribution in [0.3, 0.4) is 0 Å². The van der Waals surface area contributed by atoms with Gasteiger partial charge in [-0.3, -0.25) is 0 Å². The molecule has 0 saturated carbocycles. The summed E-state index contributed by atoms with van der Waals surface area (Å²) < 4.78 is 6.10. The van der Waals surface area contributed by atoms with Crippen LogP contribution in [0.2, 0.25) is 5.02 Å². The van der Waals surface area contributed by atoms with Crippen molar-refractivity contribution in [1.29, 1.82) is 0 Å². The fourth-order valence-electron chi connectivity index (χ4n) is 2.13. The Morgan fingerprint density at radius 3 is 2.32 bits per heavy atom. The average molecular weight is 284 g/mol. The molecule has 1 N–H and O–H groups in total. The van der Waals surface area contributed by atoms with Crippen LogP contribution in [0.15, 0.2) is 12.1 Å². The maximum Gasteiger partial charge on any atom is 0.120 e. The molecule has 3 heteroatoms. The fourth-order valence-corrected chi connectivity index (χ4v) is 2.24. The molecule has 0 saturated heterocycles. The van der Waals surface area contributed by atoms with Gasteiger partial charge < -0.3 is 10.1 Å². The Morgan fingerprint density at radius 1 is 1.16 bits per heavy atom. The smallest absolute Gasteiger partial charge is 0.120 e. The minimum atomic E-state index is 0.233. The van der Waals surface area contributed by atoms with Crippen LogP contribution in [-0.4, -0.2) is 19.2 Å². The molecule has 0 amide bonds. The lowest BCUT2D eigenvalue weighted by atomic mass is 10.1. The lowest BCUT2D eigenvalue weighted by Gasteiger charge is -2.20. The van der Waals surface area contributed by atoms with Crippen LogP contribution in [0.4, 0.5) is 0 Å². The second-order valence-corrected chi connectivity index (χ2v) is 5.48. The first-order chi connectivity index (χ1) is 9.08. The molecule has 0 fully saturated rings. The van der Waals surface area contributed by atoms with Gasteiger partial charge in [0, 0.05) is 11.6 Å². The standard InChI is InChI=1S/C16H26ClNO/c1-5-7-14(11-18-8-6-2)19-15-9-12(3)16(17)13(4)10-15/h9-10,14,18H,5-8,11H2,1-4H3. The van der Waals surface area contributed by atoms with Gasteiger partial charge in [0.15, 0.2) is 0 Å². The van der Waals surface area contributed by atoms with E-state index in [0.717, 1.165) is 54.3 Å². The maximum absolute atomic E-state index is 6.18. The summed E-state index contributed by atoms with van der Waals surface area (Å²) in [4.78, 5) is 0. The lowest BCUT2D eigenvalue weighted by molar-refractivity contribution is 0.186. The van der Waals surface area contributed by atoms with Crippen molar-refractivity contribution in [3.05, 3.63) is 28.3 Å². The second kappa shape index (κ2) is 8.44. The van der Waals surface area contributed by atoms with Crippen molar-refractivity contribution in [3.8, 4) is 5.75 Å². The summed E-state index contributed by atoms with van der Waals surface area (Å²) in [5.41, 5.74) is 2.15. The predicted molar refractivity (Wildman–Crippen MR) is 83.4 cm³/mol. The summed E-state index contributed by atoms with van der Waals surface area (Å²) in [6.45, 7) is 10.4. The van der Waals surface area contributed by atoms with E-state index in [1.165, 1.54) is 0 Å². The van der Waals surface area contributed by atoms with Gasteiger partial charge in [0.05, 0.1) is 0 Å². The highest BCUT2D eigenvalue weighted by Gasteiger charge is 2.11. The van der Waals surface area contributed by atoms with E-state index >= 15 is 0 Å². The monoisotopic (exact) mass is 283 g/mol. The molecular weight excluding hydrogens is 258 g/mol. The van der Waals surface area contributed by atoms with Gasteiger partial charge >= 0.3 is 0 Å². The zero-order valence-electron chi connectivity index (χ0n) is 12.6. The number of nitrogens with one attached hydrogen (secondary N) is 1. The molecule has 2 nitrogen and oxygen atoms in total. The Labute approximate surface area is 122 Å². The molecule has 0 aliphatic heterocycles. The highest BCUT2D eigenvalue weighted by molar-refractivity contribution is 6.32. The van der Waals surface area contributed by atoms with Gasteiger partial charge in [-0.25, -0.2) is 0 Å². The summed E-state index contributed by atoms with van der Waals surface area (Å²) in [6, 6.07) is 4.05. The normalized spacial score (nSPS) is 12.5. The number of halogens is 1. The minimum absolute atomic E-state index is 0.233. The Balaban J connectivity index is 2.67. The Bertz CT molecular complexity index is 369. The number of hydrogen-bond acceptors (Lipinski definition) is 2. The molecule has 0 aliphatic rings. The molecule has 0 aromatic heterocycles. The zero-order chi connectivity index (χ0) is 14.3. The Hall–Kier alpha value is -0.730. The number of ether oxygens (including phenoxy) is 1. The highest BCUT2D eigenvalue weighted by Crippen LogP contribution is 2.26. The van der Waals surface area contributed by atoms with Gasteiger partial charge in [0.1, 0.15) is 11.9 Å². The Kier molecular flexibility index (Phi) is 7.25. The molecule has 0 bridgehead atoms. The van der Waals surface area contributed by atoms with Crippen LogP contribution in [0.5, 0.6) is 5.75 Å². The molecule has 0 aliphatic carbocycles. The van der Waals surface area contributed by atoms with E-state index in [9.17, 15) is 0 Å². The van der Waals surface area contributed by atoms with E-state index in [2.05, 4.69) is 19.2 Å². The largest absolute Gasteiger partial charge is 0.489 e. The first-order valence-electron chi connectivity index (χ1n) is 7.22. The van der Waals surface area contributed by atoms with Crippen LogP contribution in [0, 0.1) is 13.8 Å². The van der Waals surface area contributed by atoms with Crippen LogP contribution >= 0.6 is 11.6 Å². The molecule has 0 spiro atoms. The van der Waals surface area contributed by atoms with Gasteiger partial charge in [-0.2, -0.15) is 0 Å². The van der Waals surface area contributed by atoms with Crippen LogP contribution in [0.1, 0.15) is 44.2 Å². The fraction of sp³-hybridized carbons (Fsp3) is 0.625. The number of rotatable bonds is 8. The van der Waals surface area contributed by atoms with Crippen molar-refractivity contribution in [3.63, 3.8) is 0 Å². The number of aryl methyl sites for hydroxylation is 2. The first-order valence-corrected chi connectivity index (χ1v) is 7.60. The van der Waals surface area contributed by atoms with Crippen molar-refractivity contribution in [2.75, 3.05) is 13.1 Å². The summed E-state index contributed by atoms with van der Waals surface area (Å²) in [6.07, 6.45) is 3.58. The number of benzene rings is 1. The highest BCUT2D eigenvalue weighted by atomic mass is 35.5. The van der Waals surface area contributed by atoms with Gasteiger partial charge in [0.2, 0.25) is 0 Å². The minimum Gasteiger partial charge on any atom is -0.489 e. The van der Waals surface area contributed by atoms with E-state index in [1.807, 2.05) is 26.0 Å². The van der Waals surface area contributed by atoms with Crippen LogP contribution in [-0.2, 0) is 0 Å². The SMILES string of the molecule is CCCNCC(CCC)Oc1cc(C)c(Cl)c(C)c1. The molecule has 1 unspecified atom stereocenters. The second-order valence-electron chi connectivity index (χ2n) is 5.10. The molecule has 1 aromatic rings. The van der Waals surface area contributed by atoms with Gasteiger partial charge in [-0.05, 0) is 56.5 Å². The van der Waals surface area contributed by atoms with Crippen LogP contribution in [0.25, 0.3) is 0 Å².